The van der Waals surface area contributed by atoms with Crippen LogP contribution in [0.5, 0.6) is 0 Å². The van der Waals surface area contributed by atoms with Crippen molar-refractivity contribution in [3.63, 3.8) is 0 Å². The highest BCUT2D eigenvalue weighted by Crippen LogP contribution is 2.44. The van der Waals surface area contributed by atoms with Crippen molar-refractivity contribution in [2.75, 3.05) is 5.32 Å². The number of halogens is 1. The van der Waals surface area contributed by atoms with E-state index >= 15 is 0 Å². The fraction of sp³-hybridized carbons (Fsp3) is 0.0714. The Morgan fingerprint density at radius 2 is 1.65 bits per heavy atom. The van der Waals surface area contributed by atoms with E-state index in [9.17, 15) is 17.6 Å². The summed E-state index contributed by atoms with van der Waals surface area (Å²) in [4.78, 5) is 11.1. The van der Waals surface area contributed by atoms with E-state index in [-0.39, 0.29) is 15.7 Å². The van der Waals surface area contributed by atoms with Gasteiger partial charge in [-0.05, 0) is 24.3 Å². The molecule has 0 fully saturated rings. The topological polar surface area (TPSA) is 63.2 Å². The number of benzene rings is 2. The van der Waals surface area contributed by atoms with Crippen LogP contribution in [0.25, 0.3) is 11.1 Å². The maximum Gasteiger partial charge on any atom is 0.221 e. The second kappa shape index (κ2) is 4.14. The van der Waals surface area contributed by atoms with Crippen LogP contribution in [-0.2, 0) is 14.6 Å². The van der Waals surface area contributed by atoms with Gasteiger partial charge in [0, 0.05) is 23.7 Å². The van der Waals surface area contributed by atoms with Crippen LogP contribution in [0, 0.1) is 5.82 Å². The average Bonchev–Trinajstić information content (AvgIpc) is 2.58. The third-order valence-corrected chi connectivity index (χ3v) is 4.95. The maximum atomic E-state index is 13.3. The third kappa shape index (κ3) is 1.80. The van der Waals surface area contributed by atoms with Crippen LogP contribution in [0.1, 0.15) is 6.92 Å². The molecule has 102 valence electrons. The SMILES string of the molecule is CC(=O)Nc1ccc2c(c1)S(=O)(=O)c1cc(F)ccc1-2. The van der Waals surface area contributed by atoms with Crippen molar-refractivity contribution < 1.29 is 17.6 Å². The Morgan fingerprint density at radius 3 is 2.30 bits per heavy atom. The Hall–Kier alpha value is -2.21. The summed E-state index contributed by atoms with van der Waals surface area (Å²) in [5.41, 5.74) is 1.40. The van der Waals surface area contributed by atoms with Gasteiger partial charge < -0.3 is 5.32 Å². The highest BCUT2D eigenvalue weighted by Gasteiger charge is 2.33. The average molecular weight is 291 g/mol. The quantitative estimate of drug-likeness (QED) is 0.749. The molecular formula is C14H10FNO3S. The molecule has 0 unspecified atom stereocenters. The van der Waals surface area contributed by atoms with Crippen molar-refractivity contribution in [2.45, 2.75) is 16.7 Å². The summed E-state index contributed by atoms with van der Waals surface area (Å²) in [6.45, 7) is 1.34. The first kappa shape index (κ1) is 12.8. The number of hydrogen-bond donors (Lipinski definition) is 1. The molecule has 0 atom stereocenters. The van der Waals surface area contributed by atoms with Gasteiger partial charge in [-0.1, -0.05) is 12.1 Å². The predicted molar refractivity (Wildman–Crippen MR) is 71.6 cm³/mol. The molecule has 3 rings (SSSR count). The van der Waals surface area contributed by atoms with Crippen molar-refractivity contribution >= 4 is 21.4 Å². The number of anilines is 1. The Bertz CT molecular complexity index is 843. The van der Waals surface area contributed by atoms with Gasteiger partial charge in [0.2, 0.25) is 15.7 Å². The molecule has 6 heteroatoms. The van der Waals surface area contributed by atoms with E-state index in [1.807, 2.05) is 0 Å². The van der Waals surface area contributed by atoms with Crippen molar-refractivity contribution in [3.8, 4) is 11.1 Å². The molecule has 1 N–H and O–H groups in total. The summed E-state index contributed by atoms with van der Waals surface area (Å²) in [6, 6.07) is 8.32. The van der Waals surface area contributed by atoms with Gasteiger partial charge in [-0.3, -0.25) is 4.79 Å². The number of hydrogen-bond acceptors (Lipinski definition) is 3. The molecule has 2 aromatic carbocycles. The number of nitrogens with one attached hydrogen (secondary N) is 1. The first-order valence-electron chi connectivity index (χ1n) is 5.86. The minimum absolute atomic E-state index is 0.0347. The van der Waals surface area contributed by atoms with Crippen molar-refractivity contribution in [2.24, 2.45) is 0 Å². The highest BCUT2D eigenvalue weighted by atomic mass is 32.2. The van der Waals surface area contributed by atoms with E-state index in [0.29, 0.717) is 16.8 Å². The monoisotopic (exact) mass is 291 g/mol. The van der Waals surface area contributed by atoms with E-state index in [0.717, 1.165) is 6.07 Å². The van der Waals surface area contributed by atoms with Gasteiger partial charge in [-0.25, -0.2) is 12.8 Å². The second-order valence-corrected chi connectivity index (χ2v) is 6.42. The molecule has 2 aromatic rings. The molecule has 0 spiro atoms. The molecule has 1 aliphatic heterocycles. The smallest absolute Gasteiger partial charge is 0.221 e. The van der Waals surface area contributed by atoms with E-state index in [1.165, 1.54) is 25.1 Å². The molecule has 0 aliphatic carbocycles. The minimum Gasteiger partial charge on any atom is -0.326 e. The molecule has 0 radical (unpaired) electrons. The standard InChI is InChI=1S/C14H10FNO3S/c1-8(17)16-10-3-5-12-11-4-2-9(15)6-13(11)20(18,19)14(12)7-10/h2-7H,1H3,(H,16,17). The zero-order chi connectivity index (χ0) is 14.5. The summed E-state index contributed by atoms with van der Waals surface area (Å²) < 4.78 is 38.0. The van der Waals surface area contributed by atoms with Crippen LogP contribution in [0.15, 0.2) is 46.2 Å². The van der Waals surface area contributed by atoms with E-state index in [2.05, 4.69) is 5.32 Å². The zero-order valence-corrected chi connectivity index (χ0v) is 11.3. The first-order valence-corrected chi connectivity index (χ1v) is 7.34. The maximum absolute atomic E-state index is 13.3. The summed E-state index contributed by atoms with van der Waals surface area (Å²) >= 11 is 0. The Labute approximate surface area is 115 Å². The summed E-state index contributed by atoms with van der Waals surface area (Å²) in [7, 11) is -3.74. The zero-order valence-electron chi connectivity index (χ0n) is 10.5. The molecule has 1 amide bonds. The Balaban J connectivity index is 2.24. The van der Waals surface area contributed by atoms with Crippen LogP contribution in [0.4, 0.5) is 10.1 Å². The van der Waals surface area contributed by atoms with Gasteiger partial charge in [-0.15, -0.1) is 0 Å². The summed E-state index contributed by atoms with van der Waals surface area (Å²) in [5.74, 6) is -0.883. The van der Waals surface area contributed by atoms with Crippen molar-refractivity contribution in [1.82, 2.24) is 0 Å². The van der Waals surface area contributed by atoms with Crippen LogP contribution in [0.2, 0.25) is 0 Å². The van der Waals surface area contributed by atoms with Crippen molar-refractivity contribution in [1.29, 1.82) is 0 Å². The Morgan fingerprint density at radius 1 is 1.05 bits per heavy atom. The van der Waals surface area contributed by atoms with Crippen LogP contribution in [-0.4, -0.2) is 14.3 Å². The fourth-order valence-corrected chi connectivity index (χ4v) is 4.03. The van der Waals surface area contributed by atoms with Gasteiger partial charge in [-0.2, -0.15) is 0 Å². The molecular weight excluding hydrogens is 281 g/mol. The van der Waals surface area contributed by atoms with Crippen LogP contribution in [0.3, 0.4) is 0 Å². The van der Waals surface area contributed by atoms with Gasteiger partial charge in [0.1, 0.15) is 5.82 Å². The molecule has 4 nitrogen and oxygen atoms in total. The normalized spacial score (nSPS) is 14.5. The molecule has 0 bridgehead atoms. The fourth-order valence-electron chi connectivity index (χ4n) is 2.31. The lowest BCUT2D eigenvalue weighted by Gasteiger charge is -2.04. The third-order valence-electron chi connectivity index (χ3n) is 3.11. The van der Waals surface area contributed by atoms with Crippen molar-refractivity contribution in [3.05, 3.63) is 42.2 Å². The lowest BCUT2D eigenvalue weighted by atomic mass is 10.1. The summed E-state index contributed by atoms with van der Waals surface area (Å²) in [5, 5.41) is 2.53. The van der Waals surface area contributed by atoms with Crippen LogP contribution < -0.4 is 5.32 Å². The molecule has 1 aliphatic rings. The number of fused-ring (bicyclic) bond motifs is 3. The highest BCUT2D eigenvalue weighted by molar-refractivity contribution is 7.92. The molecule has 0 saturated carbocycles. The predicted octanol–water partition coefficient (Wildman–Crippen LogP) is 2.60. The lowest BCUT2D eigenvalue weighted by Crippen LogP contribution is -2.06. The van der Waals surface area contributed by atoms with Crippen LogP contribution >= 0.6 is 0 Å². The number of carbonyl (C=O) groups excluding carboxylic acids is 1. The molecule has 1 heterocycles. The second-order valence-electron chi connectivity index (χ2n) is 4.54. The molecule has 20 heavy (non-hydrogen) atoms. The lowest BCUT2D eigenvalue weighted by molar-refractivity contribution is -0.114. The minimum atomic E-state index is -3.74. The number of carbonyl (C=O) groups is 1. The van der Waals surface area contributed by atoms with E-state index in [4.69, 9.17) is 0 Å². The Kier molecular flexibility index (Phi) is 2.65. The molecule has 0 saturated heterocycles. The summed E-state index contributed by atoms with van der Waals surface area (Å²) in [6.07, 6.45) is 0. The molecule has 0 aromatic heterocycles. The van der Waals surface area contributed by atoms with E-state index < -0.39 is 15.7 Å². The van der Waals surface area contributed by atoms with Gasteiger partial charge in [0.15, 0.2) is 0 Å². The number of rotatable bonds is 1. The van der Waals surface area contributed by atoms with Gasteiger partial charge in [0.05, 0.1) is 9.79 Å². The van der Waals surface area contributed by atoms with Gasteiger partial charge in [0.25, 0.3) is 0 Å². The largest absolute Gasteiger partial charge is 0.326 e. The number of sulfone groups is 1. The van der Waals surface area contributed by atoms with Gasteiger partial charge >= 0.3 is 0 Å². The first-order chi connectivity index (χ1) is 9.39. The van der Waals surface area contributed by atoms with E-state index in [1.54, 1.807) is 12.1 Å². The number of amides is 1.